The zero-order valence-corrected chi connectivity index (χ0v) is 18.1. The number of para-hydroxylation sites is 1. The SMILES string of the molecule is C[C@@]12C[C@@H](c3ccccc3O1)[C@H](C(N)=O)C(=O)N2CCn1ccc2ccc(Br)cc21. The van der Waals surface area contributed by atoms with Crippen molar-refractivity contribution in [2.75, 3.05) is 6.54 Å². The number of fused-ring (bicyclic) bond motifs is 5. The summed E-state index contributed by atoms with van der Waals surface area (Å²) >= 11 is 3.52. The highest BCUT2D eigenvalue weighted by molar-refractivity contribution is 9.10. The van der Waals surface area contributed by atoms with E-state index < -0.39 is 17.6 Å². The van der Waals surface area contributed by atoms with Crippen molar-refractivity contribution in [2.24, 2.45) is 11.7 Å². The number of nitrogens with zero attached hydrogens (tertiary/aromatic N) is 2. The fourth-order valence-corrected chi connectivity index (χ4v) is 5.29. The van der Waals surface area contributed by atoms with E-state index in [0.717, 1.165) is 26.7 Å². The largest absolute Gasteiger partial charge is 0.468 e. The van der Waals surface area contributed by atoms with Crippen LogP contribution >= 0.6 is 15.9 Å². The molecule has 0 spiro atoms. The fraction of sp³-hybridized carbons (Fsp3) is 0.304. The molecule has 1 aromatic heterocycles. The molecule has 0 unspecified atom stereocenters. The van der Waals surface area contributed by atoms with Gasteiger partial charge in [-0.1, -0.05) is 40.2 Å². The van der Waals surface area contributed by atoms with Crippen LogP contribution < -0.4 is 10.5 Å². The van der Waals surface area contributed by atoms with Gasteiger partial charge in [0.25, 0.3) is 0 Å². The van der Waals surface area contributed by atoms with E-state index in [9.17, 15) is 9.59 Å². The molecule has 3 atom stereocenters. The van der Waals surface area contributed by atoms with Gasteiger partial charge >= 0.3 is 0 Å². The molecule has 2 amide bonds. The number of halogens is 1. The third kappa shape index (κ3) is 2.91. The van der Waals surface area contributed by atoms with Gasteiger partial charge in [0.05, 0.1) is 0 Å². The Labute approximate surface area is 182 Å². The third-order valence-corrected chi connectivity index (χ3v) is 6.85. The Bertz CT molecular complexity index is 1170. The topological polar surface area (TPSA) is 77.6 Å². The molecular weight excluding hydrogens is 446 g/mol. The normalized spacial score (nSPS) is 25.1. The van der Waals surface area contributed by atoms with E-state index in [4.69, 9.17) is 10.5 Å². The number of primary amides is 1. The van der Waals surface area contributed by atoms with Crippen molar-refractivity contribution in [3.05, 3.63) is 64.8 Å². The number of piperidine rings is 1. The summed E-state index contributed by atoms with van der Waals surface area (Å²) in [5.74, 6) is -1.25. The van der Waals surface area contributed by atoms with Crippen LogP contribution in [0.25, 0.3) is 10.9 Å². The number of carbonyl (C=O) groups is 2. The number of aromatic nitrogens is 1. The summed E-state index contributed by atoms with van der Waals surface area (Å²) < 4.78 is 9.42. The highest BCUT2D eigenvalue weighted by atomic mass is 79.9. The van der Waals surface area contributed by atoms with Crippen molar-refractivity contribution in [1.82, 2.24) is 9.47 Å². The van der Waals surface area contributed by atoms with Crippen LogP contribution in [0.15, 0.2) is 59.2 Å². The lowest BCUT2D eigenvalue weighted by molar-refractivity contribution is -0.175. The predicted molar refractivity (Wildman–Crippen MR) is 117 cm³/mol. The Morgan fingerprint density at radius 1 is 1.23 bits per heavy atom. The lowest BCUT2D eigenvalue weighted by atomic mass is 9.73. The summed E-state index contributed by atoms with van der Waals surface area (Å²) in [5.41, 5.74) is 6.85. The first-order chi connectivity index (χ1) is 14.4. The van der Waals surface area contributed by atoms with Crippen LogP contribution in [0.1, 0.15) is 24.8 Å². The van der Waals surface area contributed by atoms with Crippen LogP contribution in [-0.2, 0) is 16.1 Å². The molecule has 2 bridgehead atoms. The maximum absolute atomic E-state index is 13.4. The molecule has 5 rings (SSSR count). The molecule has 30 heavy (non-hydrogen) atoms. The number of nitrogens with two attached hydrogens (primary N) is 1. The number of ether oxygens (including phenoxy) is 1. The summed E-state index contributed by atoms with van der Waals surface area (Å²) in [7, 11) is 0. The van der Waals surface area contributed by atoms with Gasteiger partial charge in [0.2, 0.25) is 11.8 Å². The molecule has 1 fully saturated rings. The quantitative estimate of drug-likeness (QED) is 0.595. The van der Waals surface area contributed by atoms with E-state index in [1.54, 1.807) is 4.90 Å². The van der Waals surface area contributed by atoms with Crippen molar-refractivity contribution in [3.8, 4) is 5.75 Å². The summed E-state index contributed by atoms with van der Waals surface area (Å²) in [6.45, 7) is 2.93. The molecule has 2 N–H and O–H groups in total. The first kappa shape index (κ1) is 19.2. The van der Waals surface area contributed by atoms with Crippen molar-refractivity contribution in [1.29, 1.82) is 0 Å². The predicted octanol–water partition coefficient (Wildman–Crippen LogP) is 3.63. The lowest BCUT2D eigenvalue weighted by Crippen LogP contribution is -2.65. The molecule has 2 aromatic carbocycles. The second kappa shape index (κ2) is 6.87. The maximum atomic E-state index is 13.4. The number of hydrogen-bond acceptors (Lipinski definition) is 3. The van der Waals surface area contributed by atoms with Gasteiger partial charge in [-0.3, -0.25) is 9.59 Å². The van der Waals surface area contributed by atoms with E-state index in [1.165, 1.54) is 0 Å². The molecule has 3 heterocycles. The first-order valence-corrected chi connectivity index (χ1v) is 10.8. The lowest BCUT2D eigenvalue weighted by Gasteiger charge is -2.52. The number of rotatable bonds is 4. The van der Waals surface area contributed by atoms with Crippen molar-refractivity contribution in [2.45, 2.75) is 31.5 Å². The molecule has 0 saturated carbocycles. The Kier molecular flexibility index (Phi) is 4.39. The van der Waals surface area contributed by atoms with Crippen LogP contribution in [0.2, 0.25) is 0 Å². The second-order valence-electron chi connectivity index (χ2n) is 8.21. The summed E-state index contributed by atoms with van der Waals surface area (Å²) in [6, 6.07) is 15.8. The molecule has 7 heteroatoms. The smallest absolute Gasteiger partial charge is 0.238 e. The highest BCUT2D eigenvalue weighted by Gasteiger charge is 2.55. The van der Waals surface area contributed by atoms with Crippen LogP contribution in [0.4, 0.5) is 0 Å². The van der Waals surface area contributed by atoms with Gasteiger partial charge < -0.3 is 19.9 Å². The number of benzene rings is 2. The molecule has 0 aliphatic carbocycles. The standard InChI is InChI=1S/C23H22BrN3O3/c1-23-13-17(16-4-2-3-5-19(16)30-23)20(21(25)28)22(29)27(23)11-10-26-9-8-14-6-7-15(24)12-18(14)26/h2-9,12,17,20H,10-11,13H2,1H3,(H2,25,28)/t17-,20+,23-/m0/s1. The molecular formula is C23H22BrN3O3. The molecule has 3 aromatic rings. The number of carbonyl (C=O) groups excluding carboxylic acids is 2. The van der Waals surface area contributed by atoms with E-state index in [0.29, 0.717) is 19.5 Å². The zero-order chi connectivity index (χ0) is 21.0. The average Bonchev–Trinajstić information content (AvgIpc) is 3.09. The highest BCUT2D eigenvalue weighted by Crippen LogP contribution is 2.49. The minimum atomic E-state index is -0.876. The molecule has 0 radical (unpaired) electrons. The van der Waals surface area contributed by atoms with Crippen LogP contribution in [-0.4, -0.2) is 33.6 Å². The third-order valence-electron chi connectivity index (χ3n) is 6.36. The minimum Gasteiger partial charge on any atom is -0.468 e. The molecule has 2 aliphatic heterocycles. The Hall–Kier alpha value is -2.80. The van der Waals surface area contributed by atoms with Gasteiger partial charge in [0.15, 0.2) is 5.72 Å². The van der Waals surface area contributed by atoms with Gasteiger partial charge in [-0.25, -0.2) is 0 Å². The van der Waals surface area contributed by atoms with E-state index >= 15 is 0 Å². The van der Waals surface area contributed by atoms with E-state index in [-0.39, 0.29) is 11.8 Å². The van der Waals surface area contributed by atoms with Gasteiger partial charge in [-0.15, -0.1) is 0 Å². The average molecular weight is 468 g/mol. The Balaban J connectivity index is 1.49. The number of hydrogen-bond donors (Lipinski definition) is 1. The van der Waals surface area contributed by atoms with Gasteiger partial charge in [-0.2, -0.15) is 0 Å². The maximum Gasteiger partial charge on any atom is 0.238 e. The number of amides is 2. The Morgan fingerprint density at radius 2 is 2.03 bits per heavy atom. The monoisotopic (exact) mass is 467 g/mol. The number of likely N-dealkylation sites (tertiary alicyclic amines) is 1. The van der Waals surface area contributed by atoms with Gasteiger partial charge in [0, 0.05) is 41.6 Å². The zero-order valence-electron chi connectivity index (χ0n) is 16.5. The first-order valence-electron chi connectivity index (χ1n) is 10.0. The van der Waals surface area contributed by atoms with E-state index in [1.807, 2.05) is 43.5 Å². The molecule has 154 valence electrons. The fourth-order valence-electron chi connectivity index (χ4n) is 4.94. The summed E-state index contributed by atoms with van der Waals surface area (Å²) in [4.78, 5) is 27.4. The van der Waals surface area contributed by atoms with Crippen molar-refractivity contribution >= 4 is 38.6 Å². The minimum absolute atomic E-state index is 0.256. The summed E-state index contributed by atoms with van der Waals surface area (Å²) in [5, 5.41) is 1.13. The van der Waals surface area contributed by atoms with Gasteiger partial charge in [-0.05, 0) is 42.1 Å². The van der Waals surface area contributed by atoms with Gasteiger partial charge in [0.1, 0.15) is 11.7 Å². The van der Waals surface area contributed by atoms with E-state index in [2.05, 4.69) is 38.7 Å². The molecule has 2 aliphatic rings. The van der Waals surface area contributed by atoms with Crippen molar-refractivity contribution in [3.63, 3.8) is 0 Å². The van der Waals surface area contributed by atoms with Crippen LogP contribution in [0.3, 0.4) is 0 Å². The van der Waals surface area contributed by atoms with Crippen LogP contribution in [0, 0.1) is 5.92 Å². The van der Waals surface area contributed by atoms with Crippen LogP contribution in [0.5, 0.6) is 5.75 Å². The summed E-state index contributed by atoms with van der Waals surface area (Å²) in [6.07, 6.45) is 2.56. The molecule has 6 nitrogen and oxygen atoms in total. The Morgan fingerprint density at radius 3 is 2.83 bits per heavy atom. The second-order valence-corrected chi connectivity index (χ2v) is 9.12. The molecule has 1 saturated heterocycles. The van der Waals surface area contributed by atoms with Crippen molar-refractivity contribution < 1.29 is 14.3 Å².